The number of aliphatic imine (C=N–C) groups is 1. The molecule has 0 unspecified atom stereocenters. The van der Waals surface area contributed by atoms with E-state index in [2.05, 4.69) is 39.6 Å². The molecule has 3 N–H and O–H groups in total. The Morgan fingerprint density at radius 2 is 2.15 bits per heavy atom. The molecule has 7 heteroatoms. The standard InChI is InChI=1S/C20H26ClN5O/c1-4-22-20(25-12-16-10-19(13(2)3)26-27-16)23-8-7-14-11-24-18-6-5-15(21)9-17(14)18/h5-6,9-11,13,24H,4,7-8,12H2,1-3H3,(H2,22,23,25). The van der Waals surface area contributed by atoms with Crippen LogP contribution in [0.25, 0.3) is 10.9 Å². The van der Waals surface area contributed by atoms with Gasteiger partial charge in [-0.1, -0.05) is 30.6 Å². The maximum Gasteiger partial charge on any atom is 0.191 e. The molecule has 0 radical (unpaired) electrons. The lowest BCUT2D eigenvalue weighted by Crippen LogP contribution is -2.38. The molecule has 0 bridgehead atoms. The second-order valence-corrected chi connectivity index (χ2v) is 7.18. The molecule has 0 saturated heterocycles. The number of fused-ring (bicyclic) bond motifs is 1. The molecule has 0 aliphatic carbocycles. The molecular formula is C20H26ClN5O. The van der Waals surface area contributed by atoms with E-state index in [1.54, 1.807) is 0 Å². The van der Waals surface area contributed by atoms with Gasteiger partial charge in [0.2, 0.25) is 0 Å². The molecule has 0 fully saturated rings. The van der Waals surface area contributed by atoms with Crippen LogP contribution in [0.15, 0.2) is 40.0 Å². The third kappa shape index (κ3) is 5.04. The summed E-state index contributed by atoms with van der Waals surface area (Å²) < 4.78 is 5.35. The van der Waals surface area contributed by atoms with Crippen molar-refractivity contribution in [1.82, 2.24) is 20.8 Å². The van der Waals surface area contributed by atoms with E-state index >= 15 is 0 Å². The van der Waals surface area contributed by atoms with Crippen LogP contribution in [0.4, 0.5) is 0 Å². The van der Waals surface area contributed by atoms with Gasteiger partial charge < -0.3 is 20.1 Å². The zero-order valence-corrected chi connectivity index (χ0v) is 16.7. The molecule has 0 amide bonds. The Morgan fingerprint density at radius 1 is 1.30 bits per heavy atom. The summed E-state index contributed by atoms with van der Waals surface area (Å²) in [6, 6.07) is 7.86. The summed E-state index contributed by atoms with van der Waals surface area (Å²) in [5, 5.41) is 12.6. The van der Waals surface area contributed by atoms with E-state index in [1.807, 2.05) is 37.4 Å². The van der Waals surface area contributed by atoms with Crippen molar-refractivity contribution < 1.29 is 4.52 Å². The van der Waals surface area contributed by atoms with E-state index in [0.717, 1.165) is 52.8 Å². The first kappa shape index (κ1) is 19.3. The summed E-state index contributed by atoms with van der Waals surface area (Å²) in [7, 11) is 0. The van der Waals surface area contributed by atoms with Crippen LogP contribution >= 0.6 is 11.6 Å². The zero-order chi connectivity index (χ0) is 19.2. The van der Waals surface area contributed by atoms with Gasteiger partial charge in [0.15, 0.2) is 11.7 Å². The van der Waals surface area contributed by atoms with Crippen molar-refractivity contribution in [2.24, 2.45) is 4.99 Å². The first-order valence-corrected chi connectivity index (χ1v) is 9.67. The Labute approximate surface area is 164 Å². The van der Waals surface area contributed by atoms with Gasteiger partial charge in [0.25, 0.3) is 0 Å². The molecule has 0 aliphatic heterocycles. The molecule has 27 heavy (non-hydrogen) atoms. The van der Waals surface area contributed by atoms with Crippen molar-refractivity contribution in [2.75, 3.05) is 13.1 Å². The van der Waals surface area contributed by atoms with Gasteiger partial charge in [0, 0.05) is 41.3 Å². The lowest BCUT2D eigenvalue weighted by Gasteiger charge is -2.10. The highest BCUT2D eigenvalue weighted by atomic mass is 35.5. The van der Waals surface area contributed by atoms with Crippen molar-refractivity contribution in [2.45, 2.75) is 39.7 Å². The van der Waals surface area contributed by atoms with Crippen molar-refractivity contribution in [1.29, 1.82) is 0 Å². The maximum atomic E-state index is 6.12. The summed E-state index contributed by atoms with van der Waals surface area (Å²) >= 11 is 6.12. The van der Waals surface area contributed by atoms with Gasteiger partial charge in [0.05, 0.1) is 5.69 Å². The zero-order valence-electron chi connectivity index (χ0n) is 16.0. The summed E-state index contributed by atoms with van der Waals surface area (Å²) in [6.07, 6.45) is 2.90. The van der Waals surface area contributed by atoms with Crippen LogP contribution in [0, 0.1) is 0 Å². The van der Waals surface area contributed by atoms with Gasteiger partial charge in [-0.25, -0.2) is 4.99 Å². The second kappa shape index (κ2) is 8.95. The highest BCUT2D eigenvalue weighted by Gasteiger charge is 2.08. The molecular weight excluding hydrogens is 362 g/mol. The summed E-state index contributed by atoms with van der Waals surface area (Å²) in [6.45, 7) is 8.24. The van der Waals surface area contributed by atoms with Crippen molar-refractivity contribution >= 4 is 28.5 Å². The van der Waals surface area contributed by atoms with E-state index in [4.69, 9.17) is 16.1 Å². The number of benzene rings is 1. The number of guanidine groups is 1. The number of aromatic amines is 1. The maximum absolute atomic E-state index is 6.12. The van der Waals surface area contributed by atoms with Gasteiger partial charge in [-0.2, -0.15) is 0 Å². The van der Waals surface area contributed by atoms with Crippen LogP contribution < -0.4 is 10.6 Å². The molecule has 3 aromatic rings. The molecule has 0 spiro atoms. The Bertz CT molecular complexity index is 912. The molecule has 0 atom stereocenters. The van der Waals surface area contributed by atoms with Crippen molar-refractivity contribution in [3.63, 3.8) is 0 Å². The second-order valence-electron chi connectivity index (χ2n) is 6.75. The van der Waals surface area contributed by atoms with E-state index in [9.17, 15) is 0 Å². The minimum atomic E-state index is 0.350. The SMILES string of the molecule is CCNC(=NCc1cc(C(C)C)no1)NCCc1c[nH]c2ccc(Cl)cc12. The van der Waals surface area contributed by atoms with Gasteiger partial charge in [-0.05, 0) is 43.0 Å². The number of halogens is 1. The van der Waals surface area contributed by atoms with Crippen LogP contribution in [0.2, 0.25) is 5.02 Å². The first-order chi connectivity index (χ1) is 13.1. The lowest BCUT2D eigenvalue weighted by molar-refractivity contribution is 0.376. The third-order valence-electron chi connectivity index (χ3n) is 4.32. The minimum absolute atomic E-state index is 0.350. The Balaban J connectivity index is 1.59. The molecule has 3 rings (SSSR count). The average Bonchev–Trinajstić information content (AvgIpc) is 3.27. The number of H-pyrrole nitrogens is 1. The molecule has 0 saturated carbocycles. The van der Waals surface area contributed by atoms with Gasteiger partial charge in [0.1, 0.15) is 6.54 Å². The van der Waals surface area contributed by atoms with Crippen molar-refractivity contribution in [3.8, 4) is 0 Å². The Morgan fingerprint density at radius 3 is 2.89 bits per heavy atom. The summed E-state index contributed by atoms with van der Waals surface area (Å²) in [4.78, 5) is 7.87. The van der Waals surface area contributed by atoms with E-state index < -0.39 is 0 Å². The third-order valence-corrected chi connectivity index (χ3v) is 4.56. The molecule has 2 aromatic heterocycles. The number of aromatic nitrogens is 2. The van der Waals surface area contributed by atoms with E-state index in [-0.39, 0.29) is 0 Å². The smallest absolute Gasteiger partial charge is 0.191 e. The fourth-order valence-corrected chi connectivity index (χ4v) is 3.02. The molecule has 0 aliphatic rings. The quantitative estimate of drug-likeness (QED) is 0.418. The molecule has 1 aromatic carbocycles. The van der Waals surface area contributed by atoms with E-state index in [1.165, 1.54) is 5.56 Å². The summed E-state index contributed by atoms with van der Waals surface area (Å²) in [5.41, 5.74) is 3.28. The predicted molar refractivity (Wildman–Crippen MR) is 110 cm³/mol. The van der Waals surface area contributed by atoms with Gasteiger partial charge in [-0.15, -0.1) is 0 Å². The number of rotatable bonds is 7. The minimum Gasteiger partial charge on any atom is -0.361 e. The number of nitrogens with zero attached hydrogens (tertiary/aromatic N) is 2. The van der Waals surface area contributed by atoms with Crippen LogP contribution in [-0.4, -0.2) is 29.2 Å². The van der Waals surface area contributed by atoms with Gasteiger partial charge >= 0.3 is 0 Å². The predicted octanol–water partition coefficient (Wildman–Crippen LogP) is 4.23. The Hall–Kier alpha value is -2.47. The Kier molecular flexibility index (Phi) is 6.40. The normalized spacial score (nSPS) is 12.1. The molecule has 144 valence electrons. The van der Waals surface area contributed by atoms with Crippen LogP contribution in [0.3, 0.4) is 0 Å². The lowest BCUT2D eigenvalue weighted by atomic mass is 10.1. The topological polar surface area (TPSA) is 78.2 Å². The number of hydrogen-bond donors (Lipinski definition) is 3. The fraction of sp³-hybridized carbons (Fsp3) is 0.400. The van der Waals surface area contributed by atoms with E-state index in [0.29, 0.717) is 12.5 Å². The highest BCUT2D eigenvalue weighted by molar-refractivity contribution is 6.31. The molecule has 6 nitrogen and oxygen atoms in total. The van der Waals surface area contributed by atoms with Crippen LogP contribution in [-0.2, 0) is 13.0 Å². The first-order valence-electron chi connectivity index (χ1n) is 9.30. The monoisotopic (exact) mass is 387 g/mol. The van der Waals surface area contributed by atoms with Crippen molar-refractivity contribution in [3.05, 3.63) is 52.5 Å². The fourth-order valence-electron chi connectivity index (χ4n) is 2.85. The van der Waals surface area contributed by atoms with Crippen LogP contribution in [0.1, 0.15) is 43.7 Å². The molecule has 2 heterocycles. The average molecular weight is 388 g/mol. The van der Waals surface area contributed by atoms with Crippen LogP contribution in [0.5, 0.6) is 0 Å². The number of hydrogen-bond acceptors (Lipinski definition) is 3. The largest absolute Gasteiger partial charge is 0.361 e. The van der Waals surface area contributed by atoms with Gasteiger partial charge in [-0.3, -0.25) is 0 Å². The highest BCUT2D eigenvalue weighted by Crippen LogP contribution is 2.22. The number of nitrogens with one attached hydrogen (secondary N) is 3. The summed E-state index contributed by atoms with van der Waals surface area (Å²) in [5.74, 6) is 1.88.